The van der Waals surface area contributed by atoms with Gasteiger partial charge in [0.1, 0.15) is 0 Å². The molecule has 0 unspecified atom stereocenters. The molecule has 0 aromatic heterocycles. The molecule has 48 valence electrons. The quantitative estimate of drug-likeness (QED) is 0.487. The van der Waals surface area contributed by atoms with E-state index in [9.17, 15) is 0 Å². The zero-order valence-corrected chi connectivity index (χ0v) is 5.16. The Balaban J connectivity index is 2.93. The highest BCUT2D eigenvalue weighted by Crippen LogP contribution is 1.85. The first kappa shape index (κ1) is 7.94. The Kier molecular flexibility index (Phi) is 3.86. The van der Waals surface area contributed by atoms with Crippen LogP contribution >= 0.6 is 0 Å². The Labute approximate surface area is 49.4 Å². The molecular weight excluding hydrogens is 107 g/mol. The smallest absolute Gasteiger partial charge is 0.426 e. The van der Waals surface area contributed by atoms with Crippen molar-refractivity contribution in [3.63, 3.8) is 0 Å². The molecule has 2 N–H and O–H groups in total. The van der Waals surface area contributed by atoms with Gasteiger partial charge >= 0.3 is 7.12 Å². The van der Waals surface area contributed by atoms with Crippen LogP contribution in [0.15, 0.2) is 0 Å². The second-order valence-electron chi connectivity index (χ2n) is 1.86. The molecule has 8 heavy (non-hydrogen) atoms. The highest BCUT2D eigenvalue weighted by atomic mass is 16.5. The third kappa shape index (κ3) is 5.94. The Morgan fingerprint density at radius 1 is 1.50 bits per heavy atom. The minimum atomic E-state index is -1.34. The highest BCUT2D eigenvalue weighted by Gasteiger charge is 2.06. The van der Waals surface area contributed by atoms with Gasteiger partial charge in [0.25, 0.3) is 0 Å². The van der Waals surface area contributed by atoms with E-state index in [1.165, 1.54) is 0 Å². The van der Waals surface area contributed by atoms with E-state index in [1.807, 2.05) is 13.8 Å². The predicted molar refractivity (Wildman–Crippen MR) is 31.3 cm³/mol. The summed E-state index contributed by atoms with van der Waals surface area (Å²) in [7, 11) is -1.34. The van der Waals surface area contributed by atoms with Crippen LogP contribution in [0.2, 0.25) is 0 Å². The van der Waals surface area contributed by atoms with Crippen molar-refractivity contribution in [2.24, 2.45) is 0 Å². The first-order valence-electron chi connectivity index (χ1n) is 2.60. The minimum absolute atomic E-state index is 0.00231. The summed E-state index contributed by atoms with van der Waals surface area (Å²) >= 11 is 0. The topological polar surface area (TPSA) is 49.7 Å². The lowest BCUT2D eigenvalue weighted by molar-refractivity contribution is 0.0981. The fourth-order valence-electron chi connectivity index (χ4n) is 0.279. The fraction of sp³-hybridized carbons (Fsp3) is 1.00. The molecule has 0 aliphatic heterocycles. The van der Waals surface area contributed by atoms with Crippen molar-refractivity contribution in [2.45, 2.75) is 20.0 Å². The van der Waals surface area contributed by atoms with E-state index in [-0.39, 0.29) is 12.6 Å². The van der Waals surface area contributed by atoms with Crippen molar-refractivity contribution in [3.05, 3.63) is 0 Å². The molecule has 0 spiro atoms. The van der Waals surface area contributed by atoms with Gasteiger partial charge in [0.2, 0.25) is 0 Å². The van der Waals surface area contributed by atoms with Gasteiger partial charge in [-0.25, -0.2) is 0 Å². The molecule has 0 atom stereocenters. The summed E-state index contributed by atoms with van der Waals surface area (Å²) in [5, 5.41) is 16.5. The molecule has 0 saturated carbocycles. The van der Waals surface area contributed by atoms with E-state index in [2.05, 4.69) is 0 Å². The number of hydrogen-bond donors (Lipinski definition) is 2. The summed E-state index contributed by atoms with van der Waals surface area (Å²) in [6, 6.07) is 0. The number of hydrogen-bond acceptors (Lipinski definition) is 3. The molecule has 0 bridgehead atoms. The molecule has 4 heteroatoms. The van der Waals surface area contributed by atoms with Crippen LogP contribution in [-0.4, -0.2) is 29.8 Å². The highest BCUT2D eigenvalue weighted by molar-refractivity contribution is 6.40. The van der Waals surface area contributed by atoms with E-state index in [4.69, 9.17) is 14.8 Å². The van der Waals surface area contributed by atoms with Gasteiger partial charge in [0.05, 0.1) is 12.6 Å². The van der Waals surface area contributed by atoms with Crippen LogP contribution in [0, 0.1) is 0 Å². The lowest BCUT2D eigenvalue weighted by atomic mass is 9.95. The van der Waals surface area contributed by atoms with Crippen LogP contribution in [0.1, 0.15) is 13.8 Å². The first-order valence-corrected chi connectivity index (χ1v) is 2.60. The van der Waals surface area contributed by atoms with Crippen LogP contribution in [-0.2, 0) is 4.74 Å². The maximum absolute atomic E-state index is 8.23. The lowest BCUT2D eigenvalue weighted by Crippen LogP contribution is -2.22. The van der Waals surface area contributed by atoms with Crippen molar-refractivity contribution >= 4 is 7.12 Å². The second-order valence-corrected chi connectivity index (χ2v) is 1.86. The van der Waals surface area contributed by atoms with Gasteiger partial charge in [0, 0.05) is 0 Å². The maximum Gasteiger partial charge on any atom is 0.479 e. The zero-order valence-electron chi connectivity index (χ0n) is 5.16. The Bertz CT molecular complexity index is 47.2. The van der Waals surface area contributed by atoms with Crippen molar-refractivity contribution in [2.75, 3.05) is 6.51 Å². The molecule has 0 saturated heterocycles. The summed E-state index contributed by atoms with van der Waals surface area (Å²) in [6.07, 6.45) is 0.0665. The average Bonchev–Trinajstić information content (AvgIpc) is 1.61. The van der Waals surface area contributed by atoms with E-state index in [0.29, 0.717) is 0 Å². The number of ether oxygens (including phenoxy) is 1. The predicted octanol–water partition coefficient (Wildman–Crippen LogP) is -0.577. The second kappa shape index (κ2) is 3.89. The Morgan fingerprint density at radius 2 is 2.00 bits per heavy atom. The Hall–Kier alpha value is -0.0551. The molecule has 0 amide bonds. The van der Waals surface area contributed by atoms with E-state index < -0.39 is 7.12 Å². The summed E-state index contributed by atoms with van der Waals surface area (Å²) in [5.41, 5.74) is 0. The van der Waals surface area contributed by atoms with Crippen LogP contribution in [0.4, 0.5) is 0 Å². The van der Waals surface area contributed by atoms with E-state index in [0.717, 1.165) is 0 Å². The van der Waals surface area contributed by atoms with Crippen molar-refractivity contribution in [1.29, 1.82) is 0 Å². The van der Waals surface area contributed by atoms with Crippen molar-refractivity contribution in [3.8, 4) is 0 Å². The van der Waals surface area contributed by atoms with Crippen LogP contribution in [0.25, 0.3) is 0 Å². The molecule has 0 aromatic carbocycles. The van der Waals surface area contributed by atoms with Gasteiger partial charge in [-0.2, -0.15) is 0 Å². The SMILES string of the molecule is CC(C)OCB(O)O. The van der Waals surface area contributed by atoms with Gasteiger partial charge in [0.15, 0.2) is 0 Å². The summed E-state index contributed by atoms with van der Waals surface area (Å²) in [5.74, 6) is 0. The first-order chi connectivity index (χ1) is 3.63. The molecular formula is C4H11BO3. The van der Waals surface area contributed by atoms with E-state index in [1.54, 1.807) is 0 Å². The average molecular weight is 118 g/mol. The summed E-state index contributed by atoms with van der Waals surface area (Å²) in [6.45, 7) is 3.67. The number of rotatable bonds is 3. The van der Waals surface area contributed by atoms with Gasteiger partial charge < -0.3 is 14.8 Å². The standard InChI is InChI=1S/C4H11BO3/c1-4(2)8-3-5(6)7/h4,6-7H,3H2,1-2H3. The molecule has 0 heterocycles. The molecule has 0 aliphatic rings. The normalized spacial score (nSPS) is 10.1. The van der Waals surface area contributed by atoms with E-state index >= 15 is 0 Å². The van der Waals surface area contributed by atoms with Gasteiger partial charge in [-0.15, -0.1) is 0 Å². The molecule has 0 rings (SSSR count). The molecule has 3 nitrogen and oxygen atoms in total. The molecule has 0 radical (unpaired) electrons. The fourth-order valence-corrected chi connectivity index (χ4v) is 0.279. The minimum Gasteiger partial charge on any atom is -0.426 e. The van der Waals surface area contributed by atoms with Crippen LogP contribution < -0.4 is 0 Å². The molecule has 0 fully saturated rings. The largest absolute Gasteiger partial charge is 0.479 e. The summed E-state index contributed by atoms with van der Waals surface area (Å²) < 4.78 is 4.80. The lowest BCUT2D eigenvalue weighted by Gasteiger charge is -2.04. The van der Waals surface area contributed by atoms with Gasteiger partial charge in [-0.05, 0) is 13.8 Å². The molecule has 0 aliphatic carbocycles. The third-order valence-electron chi connectivity index (χ3n) is 0.579. The van der Waals surface area contributed by atoms with Crippen LogP contribution in [0.5, 0.6) is 0 Å². The maximum atomic E-state index is 8.23. The van der Waals surface area contributed by atoms with Crippen molar-refractivity contribution < 1.29 is 14.8 Å². The molecule has 0 aromatic rings. The third-order valence-corrected chi connectivity index (χ3v) is 0.579. The van der Waals surface area contributed by atoms with Gasteiger partial charge in [-0.1, -0.05) is 0 Å². The van der Waals surface area contributed by atoms with Gasteiger partial charge in [-0.3, -0.25) is 0 Å². The monoisotopic (exact) mass is 118 g/mol. The zero-order chi connectivity index (χ0) is 6.57. The Morgan fingerprint density at radius 3 is 2.12 bits per heavy atom. The van der Waals surface area contributed by atoms with Crippen LogP contribution in [0.3, 0.4) is 0 Å². The van der Waals surface area contributed by atoms with Crippen molar-refractivity contribution in [1.82, 2.24) is 0 Å². The summed E-state index contributed by atoms with van der Waals surface area (Å²) in [4.78, 5) is 0.